The molecule has 0 spiro atoms. The molecule has 33 heavy (non-hydrogen) atoms. The molecule has 196 valence electrons. The van der Waals surface area contributed by atoms with Crippen LogP contribution in [0.3, 0.4) is 0 Å². The second kappa shape index (κ2) is 21.1. The van der Waals surface area contributed by atoms with Gasteiger partial charge in [0.1, 0.15) is 0 Å². The Balaban J connectivity index is 3.62. The lowest BCUT2D eigenvalue weighted by Gasteiger charge is -2.39. The zero-order chi connectivity index (χ0) is 24.8. The van der Waals surface area contributed by atoms with Crippen molar-refractivity contribution in [3.63, 3.8) is 0 Å². The fourth-order valence-corrected chi connectivity index (χ4v) is 6.22. The minimum absolute atomic E-state index is 0.512. The molecule has 0 saturated heterocycles. The third-order valence-electron chi connectivity index (χ3n) is 7.33. The van der Waals surface area contributed by atoms with Gasteiger partial charge in [-0.2, -0.15) is 0 Å². The van der Waals surface area contributed by atoms with Crippen LogP contribution in [0, 0.1) is 0 Å². The smallest absolute Gasteiger partial charge is 0.376 e. The van der Waals surface area contributed by atoms with Gasteiger partial charge in [0.05, 0.1) is 21.1 Å². The molecule has 0 rings (SSSR count). The Bertz CT molecular complexity index is 487. The van der Waals surface area contributed by atoms with Gasteiger partial charge in [0.15, 0.2) is 0 Å². The lowest BCUT2D eigenvalue weighted by Crippen LogP contribution is -2.55. The molecule has 0 aromatic carbocycles. The van der Waals surface area contributed by atoms with Crippen LogP contribution in [-0.2, 0) is 4.57 Å². The Hall–Kier alpha value is -0.240. The highest BCUT2D eigenvalue weighted by molar-refractivity contribution is 7.38. The van der Waals surface area contributed by atoms with Gasteiger partial charge < -0.3 is 4.89 Å². The number of hydrogen-bond donors (Lipinski definition) is 0. The first kappa shape index (κ1) is 32.8. The third-order valence-corrected chi connectivity index (χ3v) is 9.05. The van der Waals surface area contributed by atoms with Gasteiger partial charge in [-0.15, -0.1) is 0 Å². The van der Waals surface area contributed by atoms with Crippen LogP contribution in [0.2, 0.25) is 0 Å². The molecule has 2 atom stereocenters. The zero-order valence-electron chi connectivity index (χ0n) is 23.2. The molecule has 3 nitrogen and oxygen atoms in total. The summed E-state index contributed by atoms with van der Waals surface area (Å²) in [6.45, 7) is 4.37. The fourth-order valence-electron chi connectivity index (χ4n) is 4.99. The molecule has 0 aliphatic heterocycles. The van der Waals surface area contributed by atoms with E-state index in [1.807, 2.05) is 21.1 Å². The number of rotatable bonds is 24. The summed E-state index contributed by atoms with van der Waals surface area (Å²) in [6.07, 6.45) is 31.2. The first-order valence-electron chi connectivity index (χ1n) is 14.4. The molecular formula is C29H59NO2P+. The minimum atomic E-state index is -2.43. The molecule has 0 heterocycles. The van der Waals surface area contributed by atoms with Gasteiger partial charge in [-0.25, -0.2) is 0 Å². The Kier molecular flexibility index (Phi) is 20.9. The normalized spacial score (nSPS) is 14.7. The monoisotopic (exact) mass is 484 g/mol. The Morgan fingerprint density at radius 1 is 0.606 bits per heavy atom. The molecule has 0 aliphatic carbocycles. The van der Waals surface area contributed by atoms with Crippen molar-refractivity contribution in [1.82, 2.24) is 0 Å². The van der Waals surface area contributed by atoms with Crippen LogP contribution in [0.5, 0.6) is 0 Å². The van der Waals surface area contributed by atoms with Crippen LogP contribution in [0.15, 0.2) is 12.2 Å². The minimum Gasteiger partial charge on any atom is -0.590 e. The van der Waals surface area contributed by atoms with Gasteiger partial charge in [0, 0.05) is 12.8 Å². The maximum Gasteiger partial charge on any atom is 0.376 e. The van der Waals surface area contributed by atoms with E-state index in [-0.39, 0.29) is 0 Å². The van der Waals surface area contributed by atoms with Crippen molar-refractivity contribution in [3.05, 3.63) is 12.2 Å². The largest absolute Gasteiger partial charge is 0.590 e. The van der Waals surface area contributed by atoms with Crippen LogP contribution in [-0.4, -0.2) is 30.9 Å². The molecule has 0 aromatic heterocycles. The Labute approximate surface area is 209 Å². The number of nitrogens with zero attached hydrogens (tertiary/aromatic N) is 1. The summed E-state index contributed by atoms with van der Waals surface area (Å²) < 4.78 is 12.6. The summed E-state index contributed by atoms with van der Waals surface area (Å²) in [4.78, 5) is 12.1. The SMILES string of the molecule is CCCCCCCCCCCCCCC/C=C\CCCCCC(CCC)([P+](=O)[O-])[N+](C)(C)C. The first-order valence-corrected chi connectivity index (χ1v) is 15.6. The molecule has 2 unspecified atom stereocenters. The van der Waals surface area contributed by atoms with Crippen molar-refractivity contribution in [1.29, 1.82) is 0 Å². The highest BCUT2D eigenvalue weighted by atomic mass is 31.1. The van der Waals surface area contributed by atoms with E-state index in [1.165, 1.54) is 96.3 Å². The third kappa shape index (κ3) is 16.1. The summed E-state index contributed by atoms with van der Waals surface area (Å²) in [5.74, 6) is 0. The molecule has 0 aromatic rings. The van der Waals surface area contributed by atoms with E-state index in [0.29, 0.717) is 4.48 Å². The van der Waals surface area contributed by atoms with Crippen molar-refractivity contribution < 1.29 is 13.9 Å². The van der Waals surface area contributed by atoms with E-state index < -0.39 is 13.3 Å². The summed E-state index contributed by atoms with van der Waals surface area (Å²) in [5.41, 5.74) is 0. The quantitative estimate of drug-likeness (QED) is 0.0592. The highest BCUT2D eigenvalue weighted by Gasteiger charge is 2.53. The summed E-state index contributed by atoms with van der Waals surface area (Å²) in [7, 11) is 3.65. The number of allylic oxidation sites excluding steroid dienone is 2. The van der Waals surface area contributed by atoms with Crippen LogP contribution in [0.4, 0.5) is 0 Å². The lowest BCUT2D eigenvalue weighted by molar-refractivity contribution is -0.910. The Morgan fingerprint density at radius 2 is 1.00 bits per heavy atom. The van der Waals surface area contributed by atoms with Gasteiger partial charge in [0.2, 0.25) is 0 Å². The molecule has 0 amide bonds. The van der Waals surface area contributed by atoms with E-state index in [1.54, 1.807) is 0 Å². The second-order valence-corrected chi connectivity index (χ2v) is 12.5. The molecule has 0 N–H and O–H groups in total. The van der Waals surface area contributed by atoms with Crippen molar-refractivity contribution in [2.75, 3.05) is 21.1 Å². The number of quaternary nitrogens is 1. The van der Waals surface area contributed by atoms with Gasteiger partial charge in [-0.05, 0) is 38.5 Å². The standard InChI is InChI=1S/C29H59NO2P/c1-6-8-9-10-11-12-13-14-15-16-17-18-19-20-21-22-23-24-25-26-28-29(27-7-2,33(31)32)30(3,4)5/h21-22H,6-20,23-28H2,1-5H3/q+1/b22-21-. The van der Waals surface area contributed by atoms with Crippen LogP contribution in [0.25, 0.3) is 0 Å². The van der Waals surface area contributed by atoms with E-state index in [0.717, 1.165) is 38.5 Å². The van der Waals surface area contributed by atoms with Crippen molar-refractivity contribution in [2.45, 2.75) is 154 Å². The van der Waals surface area contributed by atoms with Crippen LogP contribution < -0.4 is 4.89 Å². The maximum absolute atomic E-state index is 12.1. The molecule has 0 radical (unpaired) electrons. The van der Waals surface area contributed by atoms with Gasteiger partial charge >= 0.3 is 8.03 Å². The average Bonchev–Trinajstić information content (AvgIpc) is 2.76. The average molecular weight is 485 g/mol. The summed E-state index contributed by atoms with van der Waals surface area (Å²) in [5, 5.41) is -0.603. The summed E-state index contributed by atoms with van der Waals surface area (Å²) in [6, 6.07) is 0. The summed E-state index contributed by atoms with van der Waals surface area (Å²) >= 11 is 0. The molecule has 0 fully saturated rings. The van der Waals surface area contributed by atoms with Gasteiger partial charge in [-0.3, -0.25) is 4.48 Å². The van der Waals surface area contributed by atoms with Crippen LogP contribution in [0.1, 0.15) is 149 Å². The lowest BCUT2D eigenvalue weighted by atomic mass is 9.99. The number of hydrogen-bond acceptors (Lipinski definition) is 2. The molecule has 4 heteroatoms. The maximum atomic E-state index is 12.1. The van der Waals surface area contributed by atoms with E-state index in [2.05, 4.69) is 26.0 Å². The van der Waals surface area contributed by atoms with E-state index in [9.17, 15) is 9.46 Å². The highest BCUT2D eigenvalue weighted by Crippen LogP contribution is 2.45. The van der Waals surface area contributed by atoms with Crippen molar-refractivity contribution in [2.24, 2.45) is 0 Å². The van der Waals surface area contributed by atoms with Crippen LogP contribution >= 0.6 is 8.03 Å². The molecule has 0 saturated carbocycles. The van der Waals surface area contributed by atoms with Gasteiger partial charge in [-0.1, -0.05) is 114 Å². The fraction of sp³-hybridized carbons (Fsp3) is 0.931. The molecular weight excluding hydrogens is 425 g/mol. The first-order chi connectivity index (χ1) is 15.8. The molecule has 0 bridgehead atoms. The topological polar surface area (TPSA) is 40.1 Å². The van der Waals surface area contributed by atoms with E-state index in [4.69, 9.17) is 0 Å². The van der Waals surface area contributed by atoms with Crippen molar-refractivity contribution in [3.8, 4) is 0 Å². The Morgan fingerprint density at radius 3 is 1.36 bits per heavy atom. The second-order valence-electron chi connectivity index (χ2n) is 11.1. The van der Waals surface area contributed by atoms with Gasteiger partial charge in [0.25, 0.3) is 5.28 Å². The van der Waals surface area contributed by atoms with E-state index >= 15 is 0 Å². The number of unbranched alkanes of at least 4 members (excludes halogenated alkanes) is 16. The van der Waals surface area contributed by atoms with Crippen molar-refractivity contribution >= 4 is 8.03 Å². The zero-order valence-corrected chi connectivity index (χ0v) is 24.1. The molecule has 0 aliphatic rings. The predicted molar refractivity (Wildman–Crippen MR) is 146 cm³/mol. The predicted octanol–water partition coefficient (Wildman–Crippen LogP) is 9.28.